The number of nitrogens with zero attached hydrogens (tertiary/aromatic N) is 4. The molecule has 1 aliphatic rings. The lowest BCUT2D eigenvalue weighted by atomic mass is 9.90. The summed E-state index contributed by atoms with van der Waals surface area (Å²) in [7, 11) is 0. The maximum absolute atomic E-state index is 12.6. The van der Waals surface area contributed by atoms with E-state index in [0.717, 1.165) is 24.2 Å². The third-order valence-corrected chi connectivity index (χ3v) is 5.67. The number of hydrogen-bond donors (Lipinski definition) is 0. The van der Waals surface area contributed by atoms with Gasteiger partial charge in [0.2, 0.25) is 0 Å². The van der Waals surface area contributed by atoms with Crippen molar-refractivity contribution in [2.45, 2.75) is 66.0 Å². The van der Waals surface area contributed by atoms with Crippen LogP contribution in [0.4, 0.5) is 4.79 Å². The monoisotopic (exact) mass is 416 g/mol. The second-order valence-electron chi connectivity index (χ2n) is 8.86. The molecule has 0 aliphatic carbocycles. The molecule has 0 bridgehead atoms. The minimum absolute atomic E-state index is 0.117. The van der Waals surface area contributed by atoms with Gasteiger partial charge in [0, 0.05) is 31.0 Å². The van der Waals surface area contributed by atoms with Gasteiger partial charge in [-0.2, -0.15) is 0 Å². The van der Waals surface area contributed by atoms with E-state index in [1.54, 1.807) is 18.0 Å². The quantitative estimate of drug-likeness (QED) is 0.697. The van der Waals surface area contributed by atoms with Gasteiger partial charge in [0.15, 0.2) is 0 Å². The SMILES string of the molecule is CCOC(=O)c1c(C)n(C(C)C2CCN(C(=O)OC(C)(C)C)CC2)c2ncncc12. The number of esters is 1. The summed E-state index contributed by atoms with van der Waals surface area (Å²) in [5.41, 5.74) is 1.62. The lowest BCUT2D eigenvalue weighted by molar-refractivity contribution is 0.0165. The van der Waals surface area contributed by atoms with Gasteiger partial charge in [0.25, 0.3) is 0 Å². The van der Waals surface area contributed by atoms with Crippen molar-refractivity contribution >= 4 is 23.1 Å². The molecular formula is C22H32N4O4. The van der Waals surface area contributed by atoms with Crippen LogP contribution in [0.15, 0.2) is 12.5 Å². The number of piperidine rings is 1. The molecule has 8 heteroatoms. The molecule has 164 valence electrons. The summed E-state index contributed by atoms with van der Waals surface area (Å²) in [5.74, 6) is 0.00323. The van der Waals surface area contributed by atoms with E-state index in [9.17, 15) is 9.59 Å². The molecule has 0 N–H and O–H groups in total. The summed E-state index contributed by atoms with van der Waals surface area (Å²) >= 11 is 0. The van der Waals surface area contributed by atoms with Crippen molar-refractivity contribution in [3.05, 3.63) is 23.8 Å². The molecule has 30 heavy (non-hydrogen) atoms. The molecular weight excluding hydrogens is 384 g/mol. The Morgan fingerprint density at radius 1 is 1.27 bits per heavy atom. The van der Waals surface area contributed by atoms with E-state index >= 15 is 0 Å². The van der Waals surface area contributed by atoms with Gasteiger partial charge in [-0.05, 0) is 60.3 Å². The fraction of sp³-hybridized carbons (Fsp3) is 0.636. The largest absolute Gasteiger partial charge is 0.462 e. The molecule has 0 spiro atoms. The van der Waals surface area contributed by atoms with Crippen molar-refractivity contribution in [3.63, 3.8) is 0 Å². The lowest BCUT2D eigenvalue weighted by Gasteiger charge is -2.36. The van der Waals surface area contributed by atoms with Gasteiger partial charge >= 0.3 is 12.1 Å². The zero-order valence-electron chi connectivity index (χ0n) is 18.8. The molecule has 0 saturated carbocycles. The molecule has 1 atom stereocenters. The number of ether oxygens (including phenoxy) is 2. The molecule has 3 heterocycles. The van der Waals surface area contributed by atoms with E-state index in [-0.39, 0.29) is 18.1 Å². The third-order valence-electron chi connectivity index (χ3n) is 5.67. The van der Waals surface area contributed by atoms with Crippen molar-refractivity contribution < 1.29 is 19.1 Å². The number of fused-ring (bicyclic) bond motifs is 1. The lowest BCUT2D eigenvalue weighted by Crippen LogP contribution is -2.42. The highest BCUT2D eigenvalue weighted by molar-refractivity contribution is 6.04. The molecule has 3 rings (SSSR count). The minimum atomic E-state index is -0.494. The van der Waals surface area contributed by atoms with Crippen LogP contribution in [0.3, 0.4) is 0 Å². The fourth-order valence-corrected chi connectivity index (χ4v) is 4.23. The standard InChI is InChI=1S/C22H32N4O4/c1-7-29-20(27)18-15(3)26(19-17(18)12-23-13-24-19)14(2)16-8-10-25(11-9-16)21(28)30-22(4,5)6/h12-14,16H,7-11H2,1-6H3. The smallest absolute Gasteiger partial charge is 0.410 e. The highest BCUT2D eigenvalue weighted by atomic mass is 16.6. The van der Waals surface area contributed by atoms with Crippen molar-refractivity contribution in [1.29, 1.82) is 0 Å². The first-order valence-corrected chi connectivity index (χ1v) is 10.6. The predicted molar refractivity (Wildman–Crippen MR) is 113 cm³/mol. The maximum atomic E-state index is 12.6. The summed E-state index contributed by atoms with van der Waals surface area (Å²) in [6.45, 7) is 13.1. The van der Waals surface area contributed by atoms with Crippen LogP contribution in [-0.4, -0.2) is 56.8 Å². The van der Waals surface area contributed by atoms with Gasteiger partial charge in [-0.3, -0.25) is 0 Å². The summed E-state index contributed by atoms with van der Waals surface area (Å²) in [6, 6.07) is 0.117. The number of aromatic nitrogens is 3. The summed E-state index contributed by atoms with van der Waals surface area (Å²) in [5, 5.41) is 0.714. The molecule has 0 radical (unpaired) electrons. The number of amides is 1. The van der Waals surface area contributed by atoms with Crippen LogP contribution < -0.4 is 0 Å². The molecule has 1 amide bonds. The van der Waals surface area contributed by atoms with Crippen molar-refractivity contribution in [2.24, 2.45) is 5.92 Å². The second-order valence-corrected chi connectivity index (χ2v) is 8.86. The van der Waals surface area contributed by atoms with Crippen molar-refractivity contribution in [2.75, 3.05) is 19.7 Å². The number of likely N-dealkylation sites (tertiary alicyclic amines) is 1. The molecule has 1 aliphatic heterocycles. The van der Waals surface area contributed by atoms with Crippen LogP contribution in [0, 0.1) is 12.8 Å². The van der Waals surface area contributed by atoms with Gasteiger partial charge in [-0.25, -0.2) is 19.6 Å². The highest BCUT2D eigenvalue weighted by Crippen LogP contribution is 2.35. The number of hydrogen-bond acceptors (Lipinski definition) is 6. The average molecular weight is 417 g/mol. The van der Waals surface area contributed by atoms with E-state index in [4.69, 9.17) is 9.47 Å². The van der Waals surface area contributed by atoms with Crippen LogP contribution in [0.1, 0.15) is 69.6 Å². The van der Waals surface area contributed by atoms with E-state index in [2.05, 4.69) is 21.5 Å². The maximum Gasteiger partial charge on any atom is 0.410 e. The van der Waals surface area contributed by atoms with Gasteiger partial charge in [0.1, 0.15) is 17.6 Å². The van der Waals surface area contributed by atoms with Crippen molar-refractivity contribution in [3.8, 4) is 0 Å². The Labute approximate surface area is 177 Å². The normalized spacial score (nSPS) is 16.5. The first-order valence-electron chi connectivity index (χ1n) is 10.6. The first-order chi connectivity index (χ1) is 14.1. The van der Waals surface area contributed by atoms with Crippen LogP contribution in [-0.2, 0) is 9.47 Å². The topological polar surface area (TPSA) is 86.5 Å². The number of rotatable bonds is 4. The van der Waals surface area contributed by atoms with E-state index in [0.29, 0.717) is 36.6 Å². The van der Waals surface area contributed by atoms with Gasteiger partial charge in [-0.1, -0.05) is 0 Å². The van der Waals surface area contributed by atoms with E-state index < -0.39 is 5.60 Å². The van der Waals surface area contributed by atoms with Gasteiger partial charge in [0.05, 0.1) is 17.6 Å². The van der Waals surface area contributed by atoms with E-state index in [1.807, 2.05) is 27.7 Å². The Hall–Kier alpha value is -2.64. The number of carbonyl (C=O) groups excluding carboxylic acids is 2. The summed E-state index contributed by atoms with van der Waals surface area (Å²) < 4.78 is 12.9. The highest BCUT2D eigenvalue weighted by Gasteiger charge is 2.32. The molecule has 0 aromatic carbocycles. The molecule has 2 aromatic heterocycles. The molecule has 1 saturated heterocycles. The Morgan fingerprint density at radius 3 is 2.53 bits per heavy atom. The van der Waals surface area contributed by atoms with Crippen molar-refractivity contribution in [1.82, 2.24) is 19.4 Å². The average Bonchev–Trinajstić information content (AvgIpc) is 2.98. The first kappa shape index (κ1) is 22.1. The molecule has 8 nitrogen and oxygen atoms in total. The van der Waals surface area contributed by atoms with Crippen LogP contribution >= 0.6 is 0 Å². The Bertz CT molecular complexity index is 923. The summed E-state index contributed by atoms with van der Waals surface area (Å²) in [6.07, 6.45) is 4.65. The van der Waals surface area contributed by atoms with Gasteiger partial charge in [-0.15, -0.1) is 0 Å². The predicted octanol–water partition coefficient (Wildman–Crippen LogP) is 4.12. The summed E-state index contributed by atoms with van der Waals surface area (Å²) in [4.78, 5) is 35.3. The molecule has 2 aromatic rings. The third kappa shape index (κ3) is 4.42. The second kappa shape index (κ2) is 8.62. The van der Waals surface area contributed by atoms with Gasteiger partial charge < -0.3 is 18.9 Å². The zero-order valence-corrected chi connectivity index (χ0v) is 18.8. The Kier molecular flexibility index (Phi) is 6.33. The van der Waals surface area contributed by atoms with E-state index in [1.165, 1.54) is 6.33 Å². The fourth-order valence-electron chi connectivity index (χ4n) is 4.23. The zero-order chi connectivity index (χ0) is 22.1. The van der Waals surface area contributed by atoms with Crippen LogP contribution in [0.5, 0.6) is 0 Å². The molecule has 1 fully saturated rings. The molecule has 1 unspecified atom stereocenters. The Morgan fingerprint density at radius 2 is 1.93 bits per heavy atom. The number of carbonyl (C=O) groups is 2. The minimum Gasteiger partial charge on any atom is -0.462 e. The van der Waals surface area contributed by atoms with Crippen LogP contribution in [0.2, 0.25) is 0 Å². The Balaban J connectivity index is 1.81. The van der Waals surface area contributed by atoms with Crippen LogP contribution in [0.25, 0.3) is 11.0 Å².